The highest BCUT2D eigenvalue weighted by molar-refractivity contribution is 5.77. The van der Waals surface area contributed by atoms with Crippen LogP contribution in [0.15, 0.2) is 18.2 Å². The Morgan fingerprint density at radius 2 is 1.86 bits per heavy atom. The Balaban J connectivity index is 2.66. The molecular weight excluding hydrogens is 266 g/mol. The maximum atomic E-state index is 6.14. The summed E-state index contributed by atoms with van der Waals surface area (Å²) in [5.74, 6) is 1.35. The van der Waals surface area contributed by atoms with E-state index in [2.05, 4.69) is 36.3 Å². The highest BCUT2D eigenvalue weighted by Crippen LogP contribution is 2.38. The maximum Gasteiger partial charge on any atom is 0.188 e. The summed E-state index contributed by atoms with van der Waals surface area (Å²) in [5.41, 5.74) is 7.40. The minimum absolute atomic E-state index is 0.105. The van der Waals surface area contributed by atoms with E-state index in [-0.39, 0.29) is 5.54 Å². The van der Waals surface area contributed by atoms with Crippen molar-refractivity contribution in [3.8, 4) is 17.1 Å². The lowest BCUT2D eigenvalue weighted by atomic mass is 9.89. The number of nitrogens with zero attached hydrogens (tertiary/aromatic N) is 4. The number of benzene rings is 1. The molecule has 2 N–H and O–H groups in total. The van der Waals surface area contributed by atoms with Gasteiger partial charge in [0.1, 0.15) is 5.75 Å². The molecule has 114 valence electrons. The number of hydrogen-bond acceptors (Lipinski definition) is 5. The summed E-state index contributed by atoms with van der Waals surface area (Å²) in [7, 11) is 1.62. The summed E-state index contributed by atoms with van der Waals surface area (Å²) in [6.45, 7) is 6.47. The predicted octanol–water partition coefficient (Wildman–Crippen LogP) is 2.86. The Labute approximate surface area is 125 Å². The van der Waals surface area contributed by atoms with E-state index in [9.17, 15) is 0 Å². The second kappa shape index (κ2) is 6.11. The van der Waals surface area contributed by atoms with Crippen molar-refractivity contribution in [3.63, 3.8) is 0 Å². The van der Waals surface area contributed by atoms with Gasteiger partial charge in [-0.2, -0.15) is 0 Å². The molecule has 0 aliphatic heterocycles. The van der Waals surface area contributed by atoms with Gasteiger partial charge in [-0.1, -0.05) is 26.8 Å². The van der Waals surface area contributed by atoms with Gasteiger partial charge in [-0.15, -0.1) is 5.10 Å². The molecule has 0 saturated heterocycles. The van der Waals surface area contributed by atoms with Gasteiger partial charge in [0.05, 0.1) is 18.2 Å². The van der Waals surface area contributed by atoms with Crippen molar-refractivity contribution in [2.75, 3.05) is 12.8 Å². The van der Waals surface area contributed by atoms with E-state index in [4.69, 9.17) is 10.5 Å². The van der Waals surface area contributed by atoms with Crippen molar-refractivity contribution < 1.29 is 4.74 Å². The van der Waals surface area contributed by atoms with Crippen LogP contribution in [0.2, 0.25) is 0 Å². The van der Waals surface area contributed by atoms with Crippen LogP contribution >= 0.6 is 0 Å². The van der Waals surface area contributed by atoms with Gasteiger partial charge in [0.25, 0.3) is 0 Å². The second-order valence-electron chi connectivity index (χ2n) is 5.12. The van der Waals surface area contributed by atoms with Crippen LogP contribution in [-0.4, -0.2) is 27.3 Å². The summed E-state index contributed by atoms with van der Waals surface area (Å²) in [6, 6.07) is 5.57. The van der Waals surface area contributed by atoms with Crippen LogP contribution in [0, 0.1) is 0 Å². The predicted molar refractivity (Wildman–Crippen MR) is 83.1 cm³/mol. The standard InChI is InChI=1S/C15H23N5O/c1-5-15(6-2,7-3)20-14(17-18-19-20)13-11(16)9-8-10-12(13)21-4/h8-10H,5-7,16H2,1-4H3. The first-order valence-corrected chi connectivity index (χ1v) is 7.35. The molecule has 0 aliphatic rings. The number of methoxy groups -OCH3 is 1. The van der Waals surface area contributed by atoms with Crippen LogP contribution in [0.3, 0.4) is 0 Å². The largest absolute Gasteiger partial charge is 0.496 e. The normalized spacial score (nSPS) is 11.6. The number of tetrazole rings is 1. The summed E-state index contributed by atoms with van der Waals surface area (Å²) < 4.78 is 7.33. The Morgan fingerprint density at radius 1 is 1.19 bits per heavy atom. The Bertz CT molecular complexity index is 596. The summed E-state index contributed by atoms with van der Waals surface area (Å²) in [4.78, 5) is 0. The highest BCUT2D eigenvalue weighted by atomic mass is 16.5. The molecule has 0 saturated carbocycles. The van der Waals surface area contributed by atoms with Crippen LogP contribution in [0.25, 0.3) is 11.4 Å². The zero-order chi connectivity index (χ0) is 15.5. The van der Waals surface area contributed by atoms with Gasteiger partial charge in [0.15, 0.2) is 5.82 Å². The molecule has 1 heterocycles. The fourth-order valence-corrected chi connectivity index (χ4v) is 2.82. The third-order valence-corrected chi connectivity index (χ3v) is 4.40. The van der Waals surface area contributed by atoms with Gasteiger partial charge >= 0.3 is 0 Å². The third kappa shape index (κ3) is 2.46. The molecule has 0 fully saturated rings. The second-order valence-corrected chi connectivity index (χ2v) is 5.12. The van der Waals surface area contributed by atoms with Crippen LogP contribution in [0.4, 0.5) is 5.69 Å². The van der Waals surface area contributed by atoms with Crippen LogP contribution in [0.5, 0.6) is 5.75 Å². The molecule has 21 heavy (non-hydrogen) atoms. The zero-order valence-electron chi connectivity index (χ0n) is 13.1. The number of nitrogen functional groups attached to an aromatic ring is 1. The molecule has 0 aliphatic carbocycles. The van der Waals surface area contributed by atoms with E-state index in [1.165, 1.54) is 0 Å². The van der Waals surface area contributed by atoms with E-state index >= 15 is 0 Å². The van der Waals surface area contributed by atoms with E-state index in [0.717, 1.165) is 24.8 Å². The Morgan fingerprint density at radius 3 is 2.43 bits per heavy atom. The Hall–Kier alpha value is -2.11. The number of nitrogens with two attached hydrogens (primary N) is 1. The van der Waals surface area contributed by atoms with Gasteiger partial charge < -0.3 is 10.5 Å². The third-order valence-electron chi connectivity index (χ3n) is 4.40. The quantitative estimate of drug-likeness (QED) is 0.827. The van der Waals surface area contributed by atoms with Crippen LogP contribution < -0.4 is 10.5 Å². The molecule has 1 aromatic carbocycles. The van der Waals surface area contributed by atoms with Gasteiger partial charge in [0, 0.05) is 5.69 Å². The minimum atomic E-state index is -0.105. The molecule has 6 heteroatoms. The van der Waals surface area contributed by atoms with Crippen molar-refractivity contribution in [3.05, 3.63) is 18.2 Å². The molecule has 0 spiro atoms. The zero-order valence-corrected chi connectivity index (χ0v) is 13.1. The lowest BCUT2D eigenvalue weighted by Crippen LogP contribution is -2.33. The van der Waals surface area contributed by atoms with Gasteiger partial charge in [-0.05, 0) is 41.8 Å². The van der Waals surface area contributed by atoms with Gasteiger partial charge in [0.2, 0.25) is 0 Å². The molecule has 0 unspecified atom stereocenters. The summed E-state index contributed by atoms with van der Waals surface area (Å²) in [5, 5.41) is 12.3. The van der Waals surface area contributed by atoms with Crippen LogP contribution in [0.1, 0.15) is 40.0 Å². The number of anilines is 1. The molecule has 2 rings (SSSR count). The molecular formula is C15H23N5O. The molecule has 1 aromatic heterocycles. The van der Waals surface area contributed by atoms with Crippen molar-refractivity contribution in [1.82, 2.24) is 20.2 Å². The summed E-state index contributed by atoms with van der Waals surface area (Å²) >= 11 is 0. The van der Waals surface area contributed by atoms with Crippen molar-refractivity contribution in [1.29, 1.82) is 0 Å². The molecule has 0 bridgehead atoms. The van der Waals surface area contributed by atoms with E-state index in [1.807, 2.05) is 22.9 Å². The van der Waals surface area contributed by atoms with Crippen LogP contribution in [-0.2, 0) is 5.54 Å². The number of hydrogen-bond donors (Lipinski definition) is 1. The van der Waals surface area contributed by atoms with Crippen molar-refractivity contribution >= 4 is 5.69 Å². The Kier molecular flexibility index (Phi) is 4.45. The lowest BCUT2D eigenvalue weighted by molar-refractivity contribution is 0.223. The molecule has 2 aromatic rings. The number of rotatable bonds is 6. The van der Waals surface area contributed by atoms with Gasteiger partial charge in [-0.25, -0.2) is 4.68 Å². The first kappa shape index (κ1) is 15.3. The average Bonchev–Trinajstić information content (AvgIpc) is 2.99. The number of aromatic nitrogens is 4. The lowest BCUT2D eigenvalue weighted by Gasteiger charge is -2.31. The fraction of sp³-hybridized carbons (Fsp3) is 0.533. The van der Waals surface area contributed by atoms with E-state index in [0.29, 0.717) is 17.3 Å². The molecule has 6 nitrogen and oxygen atoms in total. The van der Waals surface area contributed by atoms with E-state index < -0.39 is 0 Å². The molecule has 0 radical (unpaired) electrons. The average molecular weight is 289 g/mol. The SMILES string of the molecule is CCC(CC)(CC)n1nnnc1-c1c(N)cccc1OC. The molecule has 0 atom stereocenters. The smallest absolute Gasteiger partial charge is 0.188 e. The first-order valence-electron chi connectivity index (χ1n) is 7.35. The number of ether oxygens (including phenoxy) is 1. The van der Waals surface area contributed by atoms with E-state index in [1.54, 1.807) is 7.11 Å². The van der Waals surface area contributed by atoms with Gasteiger partial charge in [-0.3, -0.25) is 0 Å². The first-order chi connectivity index (χ1) is 10.1. The highest BCUT2D eigenvalue weighted by Gasteiger charge is 2.32. The summed E-state index contributed by atoms with van der Waals surface area (Å²) in [6.07, 6.45) is 2.85. The topological polar surface area (TPSA) is 78.9 Å². The minimum Gasteiger partial charge on any atom is -0.496 e. The van der Waals surface area contributed by atoms with Crippen molar-refractivity contribution in [2.45, 2.75) is 45.6 Å². The molecule has 0 amide bonds. The fourth-order valence-electron chi connectivity index (χ4n) is 2.82. The monoisotopic (exact) mass is 289 g/mol. The van der Waals surface area contributed by atoms with Crippen molar-refractivity contribution in [2.24, 2.45) is 0 Å². The maximum absolute atomic E-state index is 6.14.